The van der Waals surface area contributed by atoms with Crippen LogP contribution in [0.1, 0.15) is 26.2 Å². The van der Waals surface area contributed by atoms with Crippen LogP contribution in [0.4, 0.5) is 0 Å². The summed E-state index contributed by atoms with van der Waals surface area (Å²) in [6, 6.07) is 0.585. The minimum atomic E-state index is 0.585. The van der Waals surface area contributed by atoms with E-state index < -0.39 is 0 Å². The molecule has 0 unspecified atom stereocenters. The van der Waals surface area contributed by atoms with Crippen molar-refractivity contribution in [2.24, 2.45) is 5.92 Å². The molecule has 0 saturated carbocycles. The van der Waals surface area contributed by atoms with Gasteiger partial charge in [-0.2, -0.15) is 0 Å². The first-order chi connectivity index (χ1) is 8.18. The SMILES string of the molecule is C[C@H](C[C@H](C1=CC=CC1)N(C)C)C1=CC=CC1. The molecule has 0 radical (unpaired) electrons. The summed E-state index contributed by atoms with van der Waals surface area (Å²) in [7, 11) is 4.38. The molecule has 92 valence electrons. The quantitative estimate of drug-likeness (QED) is 0.694. The summed E-state index contributed by atoms with van der Waals surface area (Å²) in [5.41, 5.74) is 3.15. The van der Waals surface area contributed by atoms with Gasteiger partial charge >= 0.3 is 0 Å². The summed E-state index contributed by atoms with van der Waals surface area (Å²) in [5, 5.41) is 0. The Morgan fingerprint density at radius 2 is 1.65 bits per heavy atom. The van der Waals surface area contributed by atoms with Gasteiger partial charge < -0.3 is 4.90 Å². The molecule has 0 amide bonds. The van der Waals surface area contributed by atoms with Crippen LogP contribution in [0.5, 0.6) is 0 Å². The van der Waals surface area contributed by atoms with E-state index in [-0.39, 0.29) is 0 Å². The fourth-order valence-corrected chi connectivity index (χ4v) is 2.72. The second-order valence-corrected chi connectivity index (χ2v) is 5.36. The van der Waals surface area contributed by atoms with E-state index in [1.807, 2.05) is 0 Å². The van der Waals surface area contributed by atoms with Gasteiger partial charge in [0.15, 0.2) is 0 Å². The number of hydrogen-bond donors (Lipinski definition) is 0. The lowest BCUT2D eigenvalue weighted by Gasteiger charge is -2.29. The molecule has 0 fully saturated rings. The molecule has 0 N–H and O–H groups in total. The minimum absolute atomic E-state index is 0.585. The normalized spacial score (nSPS) is 21.9. The van der Waals surface area contributed by atoms with Gasteiger partial charge in [0.05, 0.1) is 0 Å². The van der Waals surface area contributed by atoms with E-state index in [0.717, 1.165) is 12.8 Å². The van der Waals surface area contributed by atoms with Gasteiger partial charge in [-0.1, -0.05) is 49.0 Å². The smallest absolute Gasteiger partial charge is 0.0313 e. The predicted molar refractivity (Wildman–Crippen MR) is 74.9 cm³/mol. The molecule has 0 bridgehead atoms. The molecule has 0 aromatic heterocycles. The number of rotatable bonds is 5. The van der Waals surface area contributed by atoms with Gasteiger partial charge in [-0.15, -0.1) is 0 Å². The Morgan fingerprint density at radius 3 is 2.12 bits per heavy atom. The summed E-state index contributed by atoms with van der Waals surface area (Å²) in [6.07, 6.45) is 17.0. The van der Waals surface area contributed by atoms with E-state index in [1.54, 1.807) is 11.1 Å². The molecule has 0 saturated heterocycles. The Morgan fingerprint density at radius 1 is 1.06 bits per heavy atom. The van der Waals surface area contributed by atoms with Crippen LogP contribution in [0.2, 0.25) is 0 Å². The first-order valence-corrected chi connectivity index (χ1v) is 6.56. The maximum absolute atomic E-state index is 2.36. The zero-order chi connectivity index (χ0) is 12.3. The molecule has 0 heterocycles. The van der Waals surface area contributed by atoms with Crippen molar-refractivity contribution in [3.63, 3.8) is 0 Å². The van der Waals surface area contributed by atoms with Crippen molar-refractivity contribution >= 4 is 0 Å². The van der Waals surface area contributed by atoms with Crippen LogP contribution in [0.3, 0.4) is 0 Å². The van der Waals surface area contributed by atoms with Crippen LogP contribution >= 0.6 is 0 Å². The van der Waals surface area contributed by atoms with Gasteiger partial charge in [0.2, 0.25) is 0 Å². The monoisotopic (exact) mass is 229 g/mol. The molecule has 0 spiro atoms. The molecular formula is C16H23N. The Bertz CT molecular complexity index is 382. The molecule has 17 heavy (non-hydrogen) atoms. The number of hydrogen-bond acceptors (Lipinski definition) is 1. The van der Waals surface area contributed by atoms with Crippen LogP contribution in [0.25, 0.3) is 0 Å². The molecular weight excluding hydrogens is 206 g/mol. The summed E-state index contributed by atoms with van der Waals surface area (Å²) >= 11 is 0. The van der Waals surface area contributed by atoms with Crippen molar-refractivity contribution in [2.45, 2.75) is 32.2 Å². The highest BCUT2D eigenvalue weighted by molar-refractivity contribution is 5.29. The van der Waals surface area contributed by atoms with Gasteiger partial charge in [-0.3, -0.25) is 0 Å². The highest BCUT2D eigenvalue weighted by Gasteiger charge is 2.21. The molecule has 2 atom stereocenters. The second-order valence-electron chi connectivity index (χ2n) is 5.36. The maximum Gasteiger partial charge on any atom is 0.0313 e. The molecule has 1 nitrogen and oxygen atoms in total. The molecule has 0 aliphatic heterocycles. The van der Waals surface area contributed by atoms with Crippen molar-refractivity contribution < 1.29 is 0 Å². The van der Waals surface area contributed by atoms with E-state index in [9.17, 15) is 0 Å². The fraction of sp³-hybridized carbons (Fsp3) is 0.500. The van der Waals surface area contributed by atoms with Crippen molar-refractivity contribution in [3.05, 3.63) is 47.6 Å². The van der Waals surface area contributed by atoms with Gasteiger partial charge in [0, 0.05) is 6.04 Å². The lowest BCUT2D eigenvalue weighted by molar-refractivity contribution is 0.290. The molecule has 2 aliphatic carbocycles. The van der Waals surface area contributed by atoms with E-state index >= 15 is 0 Å². The standard InChI is InChI=1S/C16H23N/c1-13(14-8-4-5-9-14)12-16(17(2)3)15-10-6-7-11-15/h4-8,10,13,16H,9,11-12H2,1-3H3/t13-,16-/m1/s1. The Kier molecular flexibility index (Phi) is 4.01. The predicted octanol–water partition coefficient (Wildman–Crippen LogP) is 3.72. The highest BCUT2D eigenvalue weighted by Crippen LogP contribution is 2.29. The third kappa shape index (κ3) is 2.98. The van der Waals surface area contributed by atoms with Crippen molar-refractivity contribution in [1.29, 1.82) is 0 Å². The van der Waals surface area contributed by atoms with E-state index in [1.165, 1.54) is 6.42 Å². The van der Waals surface area contributed by atoms with Crippen LogP contribution in [0, 0.1) is 5.92 Å². The van der Waals surface area contributed by atoms with Crippen LogP contribution < -0.4 is 0 Å². The molecule has 2 aliphatic rings. The van der Waals surface area contributed by atoms with E-state index in [4.69, 9.17) is 0 Å². The lowest BCUT2D eigenvalue weighted by Crippen LogP contribution is -2.31. The van der Waals surface area contributed by atoms with E-state index in [0.29, 0.717) is 12.0 Å². The van der Waals surface area contributed by atoms with Gasteiger partial charge in [-0.25, -0.2) is 0 Å². The molecule has 1 heteroatoms. The largest absolute Gasteiger partial charge is 0.303 e. The number of likely N-dealkylation sites (N-methyl/N-ethyl adjacent to an activating group) is 1. The Labute approximate surface area is 105 Å². The van der Waals surface area contributed by atoms with Crippen LogP contribution in [-0.2, 0) is 0 Å². The van der Waals surface area contributed by atoms with Crippen molar-refractivity contribution in [3.8, 4) is 0 Å². The Hall–Kier alpha value is -1.08. The summed E-state index contributed by atoms with van der Waals surface area (Å²) in [5.74, 6) is 0.680. The first kappa shape index (κ1) is 12.4. The molecule has 0 aromatic carbocycles. The van der Waals surface area contributed by atoms with Gasteiger partial charge in [0.1, 0.15) is 0 Å². The fourth-order valence-electron chi connectivity index (χ4n) is 2.72. The van der Waals surface area contributed by atoms with Crippen molar-refractivity contribution in [1.82, 2.24) is 4.90 Å². The van der Waals surface area contributed by atoms with E-state index in [2.05, 4.69) is 62.4 Å². The summed E-state index contributed by atoms with van der Waals surface area (Å²) in [4.78, 5) is 2.36. The third-order valence-electron chi connectivity index (χ3n) is 3.86. The van der Waals surface area contributed by atoms with Crippen LogP contribution in [0.15, 0.2) is 47.6 Å². The summed E-state index contributed by atoms with van der Waals surface area (Å²) < 4.78 is 0. The van der Waals surface area contributed by atoms with Crippen molar-refractivity contribution in [2.75, 3.05) is 14.1 Å². The highest BCUT2D eigenvalue weighted by atomic mass is 15.1. The minimum Gasteiger partial charge on any atom is -0.303 e. The lowest BCUT2D eigenvalue weighted by atomic mass is 9.89. The topological polar surface area (TPSA) is 3.24 Å². The van der Waals surface area contributed by atoms with Gasteiger partial charge in [0.25, 0.3) is 0 Å². The Balaban J connectivity index is 1.98. The molecule has 2 rings (SSSR count). The number of allylic oxidation sites excluding steroid dienone is 7. The zero-order valence-corrected chi connectivity index (χ0v) is 11.2. The van der Waals surface area contributed by atoms with Gasteiger partial charge in [-0.05, 0) is 44.8 Å². The average molecular weight is 229 g/mol. The average Bonchev–Trinajstić information content (AvgIpc) is 2.97. The summed E-state index contributed by atoms with van der Waals surface area (Å²) in [6.45, 7) is 2.36. The third-order valence-corrected chi connectivity index (χ3v) is 3.86. The zero-order valence-electron chi connectivity index (χ0n) is 11.2. The molecule has 0 aromatic rings. The maximum atomic E-state index is 2.36. The first-order valence-electron chi connectivity index (χ1n) is 6.56. The van der Waals surface area contributed by atoms with Crippen LogP contribution in [-0.4, -0.2) is 25.0 Å². The number of nitrogens with zero attached hydrogens (tertiary/aromatic N) is 1. The second kappa shape index (κ2) is 5.50.